The van der Waals surface area contributed by atoms with E-state index in [0.29, 0.717) is 11.2 Å². The van der Waals surface area contributed by atoms with E-state index >= 15 is 0 Å². The van der Waals surface area contributed by atoms with Crippen molar-refractivity contribution in [1.82, 2.24) is 15.2 Å². The first kappa shape index (κ1) is 15.4. The maximum Gasteiger partial charge on any atom is 0.223 e. The first-order valence-corrected chi connectivity index (χ1v) is 8.17. The lowest BCUT2D eigenvalue weighted by Gasteiger charge is -2.35. The van der Waals surface area contributed by atoms with Crippen molar-refractivity contribution in [3.05, 3.63) is 11.1 Å². The van der Waals surface area contributed by atoms with Crippen LogP contribution >= 0.6 is 11.3 Å². The molecule has 1 aromatic rings. The van der Waals surface area contributed by atoms with E-state index in [0.717, 1.165) is 25.3 Å². The molecule has 0 bridgehead atoms. The molecule has 1 aliphatic rings. The fourth-order valence-electron chi connectivity index (χ4n) is 2.70. The Labute approximate surface area is 124 Å². The largest absolute Gasteiger partial charge is 0.320 e. The maximum atomic E-state index is 11.0. The van der Waals surface area contributed by atoms with Gasteiger partial charge in [0.2, 0.25) is 5.91 Å². The highest BCUT2D eigenvalue weighted by Crippen LogP contribution is 2.23. The number of hydrogen-bond donors (Lipinski definition) is 2. The van der Waals surface area contributed by atoms with Gasteiger partial charge in [0.25, 0.3) is 0 Å². The van der Waals surface area contributed by atoms with Crippen LogP contribution in [0.5, 0.6) is 0 Å². The summed E-state index contributed by atoms with van der Waals surface area (Å²) in [5, 5.41) is 8.74. The van der Waals surface area contributed by atoms with Crippen LogP contribution < -0.4 is 10.6 Å². The summed E-state index contributed by atoms with van der Waals surface area (Å²) in [6, 6.07) is 0.655. The summed E-state index contributed by atoms with van der Waals surface area (Å²) in [6.07, 6.45) is 5.08. The molecule has 2 heterocycles. The molecule has 1 aliphatic heterocycles. The molecule has 0 aliphatic carbocycles. The number of rotatable bonds is 6. The molecule has 20 heavy (non-hydrogen) atoms. The summed E-state index contributed by atoms with van der Waals surface area (Å²) in [6.45, 7) is 4.63. The van der Waals surface area contributed by atoms with Gasteiger partial charge < -0.3 is 10.6 Å². The van der Waals surface area contributed by atoms with Crippen molar-refractivity contribution in [3.63, 3.8) is 0 Å². The zero-order chi connectivity index (χ0) is 14.4. The zero-order valence-electron chi connectivity index (χ0n) is 12.3. The van der Waals surface area contributed by atoms with Crippen LogP contribution in [0.15, 0.2) is 5.38 Å². The van der Waals surface area contributed by atoms with Crippen LogP contribution in [0.4, 0.5) is 5.13 Å². The minimum atomic E-state index is -0.0595. The molecule has 5 nitrogen and oxygen atoms in total. The molecule has 0 radical (unpaired) electrons. The monoisotopic (exact) mass is 296 g/mol. The van der Waals surface area contributed by atoms with Crippen LogP contribution in [0.25, 0.3) is 0 Å². The van der Waals surface area contributed by atoms with E-state index in [-0.39, 0.29) is 5.91 Å². The molecule has 0 aromatic carbocycles. The predicted molar refractivity (Wildman–Crippen MR) is 83.0 cm³/mol. The molecule has 112 valence electrons. The molecule has 0 saturated carbocycles. The molecule has 1 fully saturated rings. The van der Waals surface area contributed by atoms with Crippen molar-refractivity contribution in [3.8, 4) is 0 Å². The lowest BCUT2D eigenvalue weighted by Crippen LogP contribution is -2.40. The molecular formula is C14H24N4OS. The number of anilines is 1. The second kappa shape index (κ2) is 7.71. The van der Waals surface area contributed by atoms with Crippen molar-refractivity contribution in [2.24, 2.45) is 0 Å². The number of aromatic nitrogens is 1. The molecule has 1 aromatic heterocycles. The lowest BCUT2D eigenvalue weighted by molar-refractivity contribution is -0.114. The van der Waals surface area contributed by atoms with Crippen molar-refractivity contribution < 1.29 is 4.79 Å². The number of nitrogens with zero attached hydrogens (tertiary/aromatic N) is 2. The fourth-order valence-corrected chi connectivity index (χ4v) is 3.45. The van der Waals surface area contributed by atoms with E-state index in [4.69, 9.17) is 0 Å². The average Bonchev–Trinajstić information content (AvgIpc) is 2.84. The number of piperidine rings is 1. The van der Waals surface area contributed by atoms with E-state index in [1.165, 1.54) is 43.9 Å². The summed E-state index contributed by atoms with van der Waals surface area (Å²) >= 11 is 1.50. The molecular weight excluding hydrogens is 272 g/mol. The SMILES string of the molecule is CNCCC1CCCCN1Cc1csc(NC(C)=O)n1. The van der Waals surface area contributed by atoms with E-state index in [1.807, 2.05) is 7.05 Å². The second-order valence-corrected chi connectivity index (χ2v) is 6.20. The Morgan fingerprint density at radius 1 is 1.55 bits per heavy atom. The smallest absolute Gasteiger partial charge is 0.223 e. The highest BCUT2D eigenvalue weighted by Gasteiger charge is 2.22. The highest BCUT2D eigenvalue weighted by atomic mass is 32.1. The van der Waals surface area contributed by atoms with Gasteiger partial charge in [0.1, 0.15) is 0 Å². The number of hydrogen-bond acceptors (Lipinski definition) is 5. The normalized spacial score (nSPS) is 20.0. The van der Waals surface area contributed by atoms with E-state index < -0.39 is 0 Å². The fraction of sp³-hybridized carbons (Fsp3) is 0.714. The summed E-state index contributed by atoms with van der Waals surface area (Å²) in [5.41, 5.74) is 1.06. The van der Waals surface area contributed by atoms with Gasteiger partial charge in [0.05, 0.1) is 5.69 Å². The first-order valence-electron chi connectivity index (χ1n) is 7.29. The molecule has 2 N–H and O–H groups in total. The van der Waals surface area contributed by atoms with Crippen LogP contribution in [0.1, 0.15) is 38.3 Å². The topological polar surface area (TPSA) is 57.3 Å². The Morgan fingerprint density at radius 3 is 3.15 bits per heavy atom. The number of thiazole rings is 1. The summed E-state index contributed by atoms with van der Waals surface area (Å²) in [4.78, 5) is 18.0. The molecule has 2 rings (SSSR count). The summed E-state index contributed by atoms with van der Waals surface area (Å²) in [7, 11) is 2.01. The number of likely N-dealkylation sites (tertiary alicyclic amines) is 1. The van der Waals surface area contributed by atoms with Gasteiger partial charge in [0, 0.05) is 24.9 Å². The number of carbonyl (C=O) groups is 1. The molecule has 0 spiro atoms. The van der Waals surface area contributed by atoms with Crippen molar-refractivity contribution in [2.45, 2.75) is 45.2 Å². The van der Waals surface area contributed by atoms with Crippen LogP contribution in [-0.2, 0) is 11.3 Å². The third-order valence-electron chi connectivity index (χ3n) is 3.68. The third kappa shape index (κ3) is 4.54. The van der Waals surface area contributed by atoms with E-state index in [2.05, 4.69) is 25.9 Å². The molecule has 1 atom stereocenters. The second-order valence-electron chi connectivity index (χ2n) is 5.34. The first-order chi connectivity index (χ1) is 9.69. The lowest BCUT2D eigenvalue weighted by atomic mass is 9.99. The van der Waals surface area contributed by atoms with Gasteiger partial charge in [-0.15, -0.1) is 11.3 Å². The van der Waals surface area contributed by atoms with Gasteiger partial charge >= 0.3 is 0 Å². The Bertz CT molecular complexity index is 435. The minimum absolute atomic E-state index is 0.0595. The Morgan fingerprint density at radius 2 is 2.40 bits per heavy atom. The van der Waals surface area contributed by atoms with Crippen LogP contribution in [0, 0.1) is 0 Å². The Kier molecular flexibility index (Phi) is 5.94. The van der Waals surface area contributed by atoms with Crippen LogP contribution in [0.3, 0.4) is 0 Å². The molecule has 1 saturated heterocycles. The van der Waals surface area contributed by atoms with Crippen molar-refractivity contribution in [2.75, 3.05) is 25.5 Å². The van der Waals surface area contributed by atoms with Gasteiger partial charge in [-0.2, -0.15) is 0 Å². The summed E-state index contributed by atoms with van der Waals surface area (Å²) in [5.74, 6) is -0.0595. The van der Waals surface area contributed by atoms with Crippen molar-refractivity contribution in [1.29, 1.82) is 0 Å². The number of amides is 1. The van der Waals surface area contributed by atoms with Crippen LogP contribution in [0.2, 0.25) is 0 Å². The molecule has 1 unspecified atom stereocenters. The number of nitrogens with one attached hydrogen (secondary N) is 2. The number of carbonyl (C=O) groups excluding carboxylic acids is 1. The van der Waals surface area contributed by atoms with Gasteiger partial charge in [-0.3, -0.25) is 9.69 Å². The van der Waals surface area contributed by atoms with Crippen molar-refractivity contribution >= 4 is 22.4 Å². The zero-order valence-corrected chi connectivity index (χ0v) is 13.1. The van der Waals surface area contributed by atoms with Gasteiger partial charge in [-0.05, 0) is 39.4 Å². The summed E-state index contributed by atoms with van der Waals surface area (Å²) < 4.78 is 0. The van der Waals surface area contributed by atoms with Gasteiger partial charge in [-0.25, -0.2) is 4.98 Å². The Hall–Kier alpha value is -0.980. The van der Waals surface area contributed by atoms with E-state index in [9.17, 15) is 4.79 Å². The third-order valence-corrected chi connectivity index (χ3v) is 4.48. The van der Waals surface area contributed by atoms with Crippen LogP contribution in [-0.4, -0.2) is 42.0 Å². The quantitative estimate of drug-likeness (QED) is 0.844. The van der Waals surface area contributed by atoms with E-state index in [1.54, 1.807) is 0 Å². The predicted octanol–water partition coefficient (Wildman–Crippen LogP) is 2.07. The highest BCUT2D eigenvalue weighted by molar-refractivity contribution is 7.13. The Balaban J connectivity index is 1.92. The maximum absolute atomic E-state index is 11.0. The van der Waals surface area contributed by atoms with Gasteiger partial charge in [0.15, 0.2) is 5.13 Å². The average molecular weight is 296 g/mol. The van der Waals surface area contributed by atoms with Gasteiger partial charge in [-0.1, -0.05) is 6.42 Å². The molecule has 1 amide bonds. The molecule has 6 heteroatoms. The minimum Gasteiger partial charge on any atom is -0.320 e. The standard InChI is InChI=1S/C14H24N4OS/c1-11(19)16-14-17-12(10-20-14)9-18-8-4-3-5-13(18)6-7-15-2/h10,13,15H,3-9H2,1-2H3,(H,16,17,19).